The molecule has 0 aliphatic carbocycles. The molecular formula is C20H31N3O4. The number of aryl methyl sites for hydroxylation is 1. The van der Waals surface area contributed by atoms with Crippen LogP contribution in [0.25, 0.3) is 0 Å². The second kappa shape index (κ2) is 10.0. The molecule has 7 heteroatoms. The predicted octanol–water partition coefficient (Wildman–Crippen LogP) is 2.24. The molecule has 1 aromatic rings. The van der Waals surface area contributed by atoms with Crippen LogP contribution in [0.2, 0.25) is 0 Å². The smallest absolute Gasteiger partial charge is 0.320 e. The summed E-state index contributed by atoms with van der Waals surface area (Å²) in [7, 11) is 3.21. The van der Waals surface area contributed by atoms with E-state index in [1.54, 1.807) is 14.2 Å². The first-order chi connectivity index (χ1) is 13.0. The van der Waals surface area contributed by atoms with Crippen molar-refractivity contribution < 1.29 is 19.1 Å². The Morgan fingerprint density at radius 3 is 2.11 bits per heavy atom. The Bertz CT molecular complexity index is 638. The fourth-order valence-corrected chi connectivity index (χ4v) is 3.29. The molecule has 1 heterocycles. The molecule has 3 amide bonds. The van der Waals surface area contributed by atoms with Crippen LogP contribution in [0.5, 0.6) is 11.5 Å². The van der Waals surface area contributed by atoms with Gasteiger partial charge in [0.25, 0.3) is 0 Å². The van der Waals surface area contributed by atoms with Gasteiger partial charge in [-0.05, 0) is 38.0 Å². The third kappa shape index (κ3) is 5.28. The summed E-state index contributed by atoms with van der Waals surface area (Å²) in [6, 6.07) is 5.79. The normalized spacial score (nSPS) is 14.1. The first-order valence-electron chi connectivity index (χ1n) is 9.56. The number of methoxy groups -OCH3 is 2. The Hall–Kier alpha value is -2.44. The zero-order valence-corrected chi connectivity index (χ0v) is 16.9. The minimum absolute atomic E-state index is 0.0671. The van der Waals surface area contributed by atoms with Gasteiger partial charge in [-0.1, -0.05) is 6.07 Å². The number of hydrogen-bond acceptors (Lipinski definition) is 4. The van der Waals surface area contributed by atoms with E-state index in [1.807, 2.05) is 46.7 Å². The van der Waals surface area contributed by atoms with E-state index in [4.69, 9.17) is 9.47 Å². The Balaban J connectivity index is 1.83. The van der Waals surface area contributed by atoms with Crippen molar-refractivity contribution in [3.05, 3.63) is 23.8 Å². The maximum atomic E-state index is 12.5. The molecule has 150 valence electrons. The van der Waals surface area contributed by atoms with E-state index >= 15 is 0 Å². The summed E-state index contributed by atoms with van der Waals surface area (Å²) in [6.45, 7) is 7.76. The van der Waals surface area contributed by atoms with Crippen LogP contribution in [-0.2, 0) is 11.2 Å². The van der Waals surface area contributed by atoms with Crippen LogP contribution in [0.15, 0.2) is 18.2 Å². The second-order valence-electron chi connectivity index (χ2n) is 6.51. The minimum Gasteiger partial charge on any atom is -0.493 e. The van der Waals surface area contributed by atoms with Gasteiger partial charge >= 0.3 is 6.03 Å². The van der Waals surface area contributed by atoms with Crippen molar-refractivity contribution in [2.75, 3.05) is 53.5 Å². The third-order valence-corrected chi connectivity index (χ3v) is 5.01. The molecule has 0 spiro atoms. The number of carbonyl (C=O) groups excluding carboxylic acids is 2. The molecule has 1 aliphatic heterocycles. The van der Waals surface area contributed by atoms with Crippen LogP contribution in [-0.4, -0.2) is 80.1 Å². The molecule has 0 unspecified atom stereocenters. The number of benzene rings is 1. The summed E-state index contributed by atoms with van der Waals surface area (Å²) in [4.78, 5) is 30.4. The molecule has 0 radical (unpaired) electrons. The molecule has 1 saturated heterocycles. The summed E-state index contributed by atoms with van der Waals surface area (Å²) >= 11 is 0. The Kier molecular flexibility index (Phi) is 7.76. The van der Waals surface area contributed by atoms with Gasteiger partial charge in [0.05, 0.1) is 14.2 Å². The van der Waals surface area contributed by atoms with E-state index in [2.05, 4.69) is 0 Å². The van der Waals surface area contributed by atoms with Crippen molar-refractivity contribution in [3.8, 4) is 11.5 Å². The highest BCUT2D eigenvalue weighted by molar-refractivity contribution is 5.78. The largest absolute Gasteiger partial charge is 0.493 e. The molecule has 0 saturated carbocycles. The predicted molar refractivity (Wildman–Crippen MR) is 104 cm³/mol. The highest BCUT2D eigenvalue weighted by Gasteiger charge is 2.26. The SMILES string of the molecule is CCN(CC)C(=O)N1CCN(C(=O)CCc2ccc(OC)c(OC)c2)CC1. The first kappa shape index (κ1) is 20.9. The van der Waals surface area contributed by atoms with Crippen molar-refractivity contribution in [1.29, 1.82) is 0 Å². The number of carbonyl (C=O) groups is 2. The molecule has 0 bridgehead atoms. The lowest BCUT2D eigenvalue weighted by Gasteiger charge is -2.37. The van der Waals surface area contributed by atoms with Crippen LogP contribution >= 0.6 is 0 Å². The van der Waals surface area contributed by atoms with E-state index in [0.717, 1.165) is 5.56 Å². The topological polar surface area (TPSA) is 62.3 Å². The quantitative estimate of drug-likeness (QED) is 0.731. The summed E-state index contributed by atoms with van der Waals surface area (Å²) in [5.41, 5.74) is 1.04. The zero-order chi connectivity index (χ0) is 19.8. The monoisotopic (exact) mass is 377 g/mol. The maximum Gasteiger partial charge on any atom is 0.320 e. The lowest BCUT2D eigenvalue weighted by molar-refractivity contribution is -0.132. The van der Waals surface area contributed by atoms with Crippen molar-refractivity contribution in [3.63, 3.8) is 0 Å². The number of piperazine rings is 1. The molecule has 2 rings (SSSR count). The number of urea groups is 1. The number of rotatable bonds is 7. The second-order valence-corrected chi connectivity index (χ2v) is 6.51. The van der Waals surface area contributed by atoms with E-state index in [0.29, 0.717) is 63.6 Å². The molecule has 7 nitrogen and oxygen atoms in total. The maximum absolute atomic E-state index is 12.5. The molecule has 27 heavy (non-hydrogen) atoms. The first-order valence-corrected chi connectivity index (χ1v) is 9.56. The number of amides is 3. The highest BCUT2D eigenvalue weighted by Crippen LogP contribution is 2.28. The van der Waals surface area contributed by atoms with Crippen molar-refractivity contribution in [2.24, 2.45) is 0 Å². The number of nitrogens with zero attached hydrogens (tertiary/aromatic N) is 3. The summed E-state index contributed by atoms with van der Waals surface area (Å²) in [5, 5.41) is 0. The van der Waals surface area contributed by atoms with Crippen molar-refractivity contribution >= 4 is 11.9 Å². The highest BCUT2D eigenvalue weighted by atomic mass is 16.5. The average molecular weight is 377 g/mol. The molecule has 0 atom stereocenters. The van der Waals surface area contributed by atoms with E-state index in [9.17, 15) is 9.59 Å². The standard InChI is InChI=1S/C20H31N3O4/c1-5-21(6-2)20(25)23-13-11-22(12-14-23)19(24)10-8-16-7-9-17(26-3)18(15-16)27-4/h7,9,15H,5-6,8,10-14H2,1-4H3. The Morgan fingerprint density at radius 1 is 0.963 bits per heavy atom. The fraction of sp³-hybridized carbons (Fsp3) is 0.600. The average Bonchev–Trinajstić information content (AvgIpc) is 2.72. The van der Waals surface area contributed by atoms with Gasteiger partial charge in [0.15, 0.2) is 11.5 Å². The molecule has 1 aromatic carbocycles. The molecule has 0 aromatic heterocycles. The fourth-order valence-electron chi connectivity index (χ4n) is 3.29. The molecule has 1 aliphatic rings. The summed E-state index contributed by atoms with van der Waals surface area (Å²) in [6.07, 6.45) is 1.09. The van der Waals surface area contributed by atoms with Gasteiger partial charge in [-0.3, -0.25) is 4.79 Å². The van der Waals surface area contributed by atoms with Gasteiger partial charge < -0.3 is 24.2 Å². The van der Waals surface area contributed by atoms with Gasteiger partial charge in [-0.15, -0.1) is 0 Å². The zero-order valence-electron chi connectivity index (χ0n) is 16.9. The van der Waals surface area contributed by atoms with Crippen LogP contribution in [0, 0.1) is 0 Å². The summed E-state index contributed by atoms with van der Waals surface area (Å²) < 4.78 is 10.5. The van der Waals surface area contributed by atoms with E-state index in [1.165, 1.54) is 0 Å². The van der Waals surface area contributed by atoms with Gasteiger partial charge in [-0.2, -0.15) is 0 Å². The molecule has 0 N–H and O–H groups in total. The van der Waals surface area contributed by atoms with Gasteiger partial charge in [0.2, 0.25) is 5.91 Å². The van der Waals surface area contributed by atoms with Crippen LogP contribution in [0.4, 0.5) is 4.79 Å². The van der Waals surface area contributed by atoms with Gasteiger partial charge in [0, 0.05) is 45.7 Å². The number of ether oxygens (including phenoxy) is 2. The van der Waals surface area contributed by atoms with E-state index in [-0.39, 0.29) is 11.9 Å². The minimum atomic E-state index is 0.0671. The third-order valence-electron chi connectivity index (χ3n) is 5.01. The van der Waals surface area contributed by atoms with E-state index < -0.39 is 0 Å². The number of hydrogen-bond donors (Lipinski definition) is 0. The molecule has 1 fully saturated rings. The van der Waals surface area contributed by atoms with Crippen LogP contribution < -0.4 is 9.47 Å². The molecular weight excluding hydrogens is 346 g/mol. The van der Waals surface area contributed by atoms with Crippen molar-refractivity contribution in [2.45, 2.75) is 26.7 Å². The summed E-state index contributed by atoms with van der Waals surface area (Å²) in [5.74, 6) is 1.48. The lowest BCUT2D eigenvalue weighted by Crippen LogP contribution is -2.54. The Labute approximate surface area is 161 Å². The van der Waals surface area contributed by atoms with Gasteiger partial charge in [0.1, 0.15) is 0 Å². The van der Waals surface area contributed by atoms with Crippen molar-refractivity contribution in [1.82, 2.24) is 14.7 Å². The van der Waals surface area contributed by atoms with Crippen LogP contribution in [0.1, 0.15) is 25.8 Å². The van der Waals surface area contributed by atoms with Crippen LogP contribution in [0.3, 0.4) is 0 Å². The van der Waals surface area contributed by atoms with Gasteiger partial charge in [-0.25, -0.2) is 4.79 Å². The Morgan fingerprint density at radius 2 is 1.56 bits per heavy atom. The lowest BCUT2D eigenvalue weighted by atomic mass is 10.1.